The van der Waals surface area contributed by atoms with Gasteiger partial charge in [-0.25, -0.2) is 0 Å². The summed E-state index contributed by atoms with van der Waals surface area (Å²) in [4.78, 5) is 13.8. The van der Waals surface area contributed by atoms with Crippen molar-refractivity contribution in [1.82, 2.24) is 4.90 Å². The van der Waals surface area contributed by atoms with Gasteiger partial charge in [-0.2, -0.15) is 0 Å². The molecule has 0 aromatic heterocycles. The Balaban J connectivity index is 0. The van der Waals surface area contributed by atoms with E-state index in [2.05, 4.69) is 18.7 Å². The number of hydrogen-bond donors (Lipinski definition) is 2. The summed E-state index contributed by atoms with van der Waals surface area (Å²) in [5.41, 5.74) is 5.71. The van der Waals surface area contributed by atoms with E-state index in [1.165, 1.54) is 57.8 Å². The average Bonchev–Trinajstić information content (AvgIpc) is 2.56. The van der Waals surface area contributed by atoms with Crippen LogP contribution in [0.2, 0.25) is 0 Å². The Morgan fingerprint density at radius 3 is 1.80 bits per heavy atom. The smallest absolute Gasteiger partial charge is 0.320 e. The van der Waals surface area contributed by atoms with Gasteiger partial charge >= 0.3 is 5.97 Å². The van der Waals surface area contributed by atoms with E-state index in [1.807, 2.05) is 0 Å². The zero-order valence-electron chi connectivity index (χ0n) is 16.7. The second-order valence-corrected chi connectivity index (χ2v) is 7.00. The van der Waals surface area contributed by atoms with Crippen molar-refractivity contribution >= 4 is 18.4 Å². The third-order valence-corrected chi connectivity index (χ3v) is 4.77. The maximum atomic E-state index is 11.7. The average molecular weight is 379 g/mol. The molecule has 25 heavy (non-hydrogen) atoms. The molecule has 0 aromatic rings. The molecule has 3 N–H and O–H groups in total. The lowest BCUT2D eigenvalue weighted by molar-refractivity contribution is -0.143. The predicted octanol–water partition coefficient (Wildman–Crippen LogP) is 5.23. The number of halogens is 1. The van der Waals surface area contributed by atoms with E-state index in [0.717, 1.165) is 32.2 Å². The van der Waals surface area contributed by atoms with E-state index in [1.54, 1.807) is 0 Å². The molecule has 1 atom stereocenters. The maximum Gasteiger partial charge on any atom is 0.320 e. The second-order valence-electron chi connectivity index (χ2n) is 7.00. The van der Waals surface area contributed by atoms with Crippen molar-refractivity contribution in [1.29, 1.82) is 0 Å². The fraction of sp³-hybridized carbons (Fsp3) is 0.950. The van der Waals surface area contributed by atoms with Crippen LogP contribution in [0.3, 0.4) is 0 Å². The lowest BCUT2D eigenvalue weighted by atomic mass is 10.0. The molecular weight excluding hydrogens is 336 g/mol. The summed E-state index contributed by atoms with van der Waals surface area (Å²) in [6.07, 6.45) is 15.4. The van der Waals surface area contributed by atoms with Crippen molar-refractivity contribution in [3.8, 4) is 0 Å². The Kier molecular flexibility index (Phi) is 21.5. The van der Waals surface area contributed by atoms with E-state index in [0.29, 0.717) is 13.1 Å². The van der Waals surface area contributed by atoms with Crippen LogP contribution in [0, 0.1) is 0 Å². The Morgan fingerprint density at radius 2 is 1.32 bits per heavy atom. The van der Waals surface area contributed by atoms with Crippen LogP contribution < -0.4 is 5.73 Å². The van der Waals surface area contributed by atoms with Crippen LogP contribution in [0.5, 0.6) is 0 Å². The first-order valence-electron chi connectivity index (χ1n) is 10.3. The molecule has 152 valence electrons. The van der Waals surface area contributed by atoms with Gasteiger partial charge in [-0.15, -0.1) is 12.4 Å². The minimum absolute atomic E-state index is 0. The lowest BCUT2D eigenvalue weighted by Gasteiger charge is -2.28. The van der Waals surface area contributed by atoms with Crippen molar-refractivity contribution in [2.24, 2.45) is 5.73 Å². The standard InChI is InChI=1S/C20H42N2O2.ClH/c1-3-5-7-9-11-13-15-19(20(23)24)22(18-16-21)17-14-12-10-8-6-4-2;/h19H,3-18,21H2,1-2H3,(H,23,24);1H. The monoisotopic (exact) mass is 378 g/mol. The summed E-state index contributed by atoms with van der Waals surface area (Å²) < 4.78 is 0. The van der Waals surface area contributed by atoms with Crippen molar-refractivity contribution in [3.63, 3.8) is 0 Å². The highest BCUT2D eigenvalue weighted by Crippen LogP contribution is 2.14. The summed E-state index contributed by atoms with van der Waals surface area (Å²) in [7, 11) is 0. The summed E-state index contributed by atoms with van der Waals surface area (Å²) in [6, 6.07) is -0.352. The molecule has 0 fully saturated rings. The fourth-order valence-electron chi connectivity index (χ4n) is 3.26. The first-order chi connectivity index (χ1) is 11.7. The van der Waals surface area contributed by atoms with Crippen molar-refractivity contribution in [2.45, 2.75) is 103 Å². The number of carboxylic acids is 1. The fourth-order valence-corrected chi connectivity index (χ4v) is 3.26. The van der Waals surface area contributed by atoms with Crippen LogP contribution in [0.4, 0.5) is 0 Å². The summed E-state index contributed by atoms with van der Waals surface area (Å²) in [5, 5.41) is 9.60. The molecule has 0 aliphatic rings. The van der Waals surface area contributed by atoms with Gasteiger partial charge in [-0.1, -0.05) is 84.5 Å². The minimum Gasteiger partial charge on any atom is -0.480 e. The van der Waals surface area contributed by atoms with Crippen molar-refractivity contribution in [2.75, 3.05) is 19.6 Å². The number of rotatable bonds is 18. The van der Waals surface area contributed by atoms with Gasteiger partial charge in [-0.3, -0.25) is 9.69 Å². The van der Waals surface area contributed by atoms with Crippen molar-refractivity contribution in [3.05, 3.63) is 0 Å². The number of carbonyl (C=O) groups is 1. The van der Waals surface area contributed by atoms with E-state index >= 15 is 0 Å². The highest BCUT2D eigenvalue weighted by Gasteiger charge is 2.24. The molecule has 0 rings (SSSR count). The molecule has 0 aliphatic carbocycles. The number of carboxylic acid groups (broad SMARTS) is 1. The van der Waals surface area contributed by atoms with Gasteiger partial charge in [0.2, 0.25) is 0 Å². The first kappa shape index (κ1) is 26.9. The molecule has 0 aliphatic heterocycles. The molecule has 0 heterocycles. The van der Waals surface area contributed by atoms with Crippen molar-refractivity contribution < 1.29 is 9.90 Å². The quantitative estimate of drug-likeness (QED) is 0.320. The molecule has 0 radical (unpaired) electrons. The van der Waals surface area contributed by atoms with Crippen LogP contribution in [0.25, 0.3) is 0 Å². The SMILES string of the molecule is CCCCCCCCC(C(=O)O)N(CCN)CCCCCCCC.Cl. The summed E-state index contributed by atoms with van der Waals surface area (Å²) >= 11 is 0. The molecule has 1 unspecified atom stereocenters. The highest BCUT2D eigenvalue weighted by molar-refractivity contribution is 5.85. The molecule has 0 saturated heterocycles. The number of unbranched alkanes of at least 4 members (excludes halogenated alkanes) is 10. The van der Waals surface area contributed by atoms with Gasteiger partial charge in [-0.05, 0) is 19.4 Å². The number of hydrogen-bond acceptors (Lipinski definition) is 3. The molecule has 0 spiro atoms. The van der Waals surface area contributed by atoms with Gasteiger partial charge < -0.3 is 10.8 Å². The summed E-state index contributed by atoms with van der Waals surface area (Å²) in [6.45, 7) is 6.55. The summed E-state index contributed by atoms with van der Waals surface area (Å²) in [5.74, 6) is -0.678. The largest absolute Gasteiger partial charge is 0.480 e. The first-order valence-corrected chi connectivity index (χ1v) is 10.3. The van der Waals surface area contributed by atoms with E-state index in [-0.39, 0.29) is 18.4 Å². The van der Waals surface area contributed by atoms with Crippen LogP contribution in [0.15, 0.2) is 0 Å². The number of aliphatic carboxylic acids is 1. The molecule has 0 aromatic carbocycles. The zero-order valence-corrected chi connectivity index (χ0v) is 17.5. The molecule has 0 saturated carbocycles. The van der Waals surface area contributed by atoms with Crippen LogP contribution in [0.1, 0.15) is 97.3 Å². The third kappa shape index (κ3) is 15.6. The maximum absolute atomic E-state index is 11.7. The van der Waals surface area contributed by atoms with E-state index in [9.17, 15) is 9.90 Å². The van der Waals surface area contributed by atoms with Crippen LogP contribution in [-0.4, -0.2) is 41.7 Å². The van der Waals surface area contributed by atoms with Gasteiger partial charge in [0.05, 0.1) is 0 Å². The van der Waals surface area contributed by atoms with E-state index in [4.69, 9.17) is 5.73 Å². The third-order valence-electron chi connectivity index (χ3n) is 4.77. The number of nitrogens with two attached hydrogens (primary N) is 1. The zero-order chi connectivity index (χ0) is 18.0. The normalized spacial score (nSPS) is 12.2. The van der Waals surface area contributed by atoms with Gasteiger partial charge in [0.1, 0.15) is 6.04 Å². The molecule has 5 heteroatoms. The Bertz CT molecular complexity index is 291. The molecule has 0 amide bonds. The van der Waals surface area contributed by atoms with Crippen LogP contribution >= 0.6 is 12.4 Å². The predicted molar refractivity (Wildman–Crippen MR) is 111 cm³/mol. The minimum atomic E-state index is -0.678. The topological polar surface area (TPSA) is 66.6 Å². The van der Waals surface area contributed by atoms with Crippen LogP contribution in [-0.2, 0) is 4.79 Å². The molecule has 0 bridgehead atoms. The lowest BCUT2D eigenvalue weighted by Crippen LogP contribution is -2.44. The highest BCUT2D eigenvalue weighted by atomic mass is 35.5. The Morgan fingerprint density at radius 1 is 0.840 bits per heavy atom. The van der Waals surface area contributed by atoms with E-state index < -0.39 is 5.97 Å². The van der Waals surface area contributed by atoms with Gasteiger partial charge in [0.15, 0.2) is 0 Å². The molecular formula is C20H43ClN2O2. The molecule has 4 nitrogen and oxygen atoms in total. The Hall–Kier alpha value is -0.320. The second kappa shape index (κ2) is 20.0. The van der Waals surface area contributed by atoms with Gasteiger partial charge in [0.25, 0.3) is 0 Å². The Labute approximate surface area is 162 Å². The van der Waals surface area contributed by atoms with Gasteiger partial charge in [0, 0.05) is 13.1 Å². The number of nitrogens with zero attached hydrogens (tertiary/aromatic N) is 1.